The molecule has 4 N–H and O–H groups in total. The van der Waals surface area contributed by atoms with Gasteiger partial charge in [-0.15, -0.1) is 0 Å². The molecule has 0 aromatic rings. The standard InChI is InChI=1S/C27H48O10S2/c1-16(2)6-5-7-17(15-36-38(30,31)32)19-10-11-20-18-8-9-21-25(29)23(37-39(33,34)35)12-13-26(21,3)24(18)22(28)14-27(19,20)4/h16-25,28-29H,5-15H2,1-4H3,(H,30,31,32)(H,33,34,35)/t17-,18-,19+,20-,21?,22?,23?,24+,25?,26-,27+/m0/s1. The Morgan fingerprint density at radius 3 is 2.15 bits per heavy atom. The number of aliphatic hydroxyl groups is 2. The molecule has 4 fully saturated rings. The molecule has 4 aliphatic carbocycles. The van der Waals surface area contributed by atoms with Gasteiger partial charge in [0.05, 0.1) is 18.8 Å². The smallest absolute Gasteiger partial charge is 0.393 e. The summed E-state index contributed by atoms with van der Waals surface area (Å²) < 4.78 is 73.8. The van der Waals surface area contributed by atoms with Crippen LogP contribution in [-0.4, -0.2) is 61.1 Å². The van der Waals surface area contributed by atoms with E-state index >= 15 is 0 Å². The highest BCUT2D eigenvalue weighted by molar-refractivity contribution is 7.81. The zero-order valence-corrected chi connectivity index (χ0v) is 25.2. The van der Waals surface area contributed by atoms with Crippen molar-refractivity contribution in [2.75, 3.05) is 6.61 Å². The number of hydrogen-bond donors (Lipinski definition) is 4. The van der Waals surface area contributed by atoms with Gasteiger partial charge in [0.1, 0.15) is 6.10 Å². The summed E-state index contributed by atoms with van der Waals surface area (Å²) >= 11 is 0. The van der Waals surface area contributed by atoms with Crippen LogP contribution in [-0.2, 0) is 29.2 Å². The molecule has 4 aliphatic rings. The normalized spacial score (nSPS) is 43.5. The Labute approximate surface area is 234 Å². The summed E-state index contributed by atoms with van der Waals surface area (Å²) in [6, 6.07) is 0. The van der Waals surface area contributed by atoms with E-state index in [0.29, 0.717) is 31.1 Å². The van der Waals surface area contributed by atoms with E-state index < -0.39 is 44.5 Å². The Morgan fingerprint density at radius 1 is 0.872 bits per heavy atom. The average molecular weight is 597 g/mol. The van der Waals surface area contributed by atoms with Gasteiger partial charge in [-0.05, 0) is 104 Å². The number of rotatable bonds is 10. The van der Waals surface area contributed by atoms with Crippen molar-refractivity contribution >= 4 is 20.8 Å². The molecule has 4 rings (SSSR count). The molecule has 0 aromatic heterocycles. The Bertz CT molecular complexity index is 1080. The van der Waals surface area contributed by atoms with Gasteiger partial charge in [-0.2, -0.15) is 16.8 Å². The molecular weight excluding hydrogens is 548 g/mol. The lowest BCUT2D eigenvalue weighted by atomic mass is 9.43. The van der Waals surface area contributed by atoms with Crippen molar-refractivity contribution in [3.05, 3.63) is 0 Å². The molecule has 0 amide bonds. The minimum absolute atomic E-state index is 0.0498. The van der Waals surface area contributed by atoms with Crippen molar-refractivity contribution in [3.8, 4) is 0 Å². The average Bonchev–Trinajstić information content (AvgIpc) is 3.12. The molecule has 10 nitrogen and oxygen atoms in total. The summed E-state index contributed by atoms with van der Waals surface area (Å²) in [4.78, 5) is 0. The van der Waals surface area contributed by atoms with Crippen LogP contribution in [0.25, 0.3) is 0 Å². The third-order valence-corrected chi connectivity index (χ3v) is 12.2. The maximum atomic E-state index is 11.8. The molecule has 0 aliphatic heterocycles. The van der Waals surface area contributed by atoms with E-state index in [4.69, 9.17) is 8.37 Å². The zero-order chi connectivity index (χ0) is 29.0. The van der Waals surface area contributed by atoms with Crippen LogP contribution >= 0.6 is 0 Å². The predicted molar refractivity (Wildman–Crippen MR) is 144 cm³/mol. The molecule has 0 radical (unpaired) electrons. The summed E-state index contributed by atoms with van der Waals surface area (Å²) in [6.45, 7) is 8.59. The maximum Gasteiger partial charge on any atom is 0.397 e. The van der Waals surface area contributed by atoms with Crippen molar-refractivity contribution in [1.82, 2.24) is 0 Å². The molecule has 0 aromatic carbocycles. The highest BCUT2D eigenvalue weighted by Gasteiger charge is 2.65. The fourth-order valence-corrected chi connectivity index (χ4v) is 10.7. The van der Waals surface area contributed by atoms with Crippen LogP contribution in [0.4, 0.5) is 0 Å². The van der Waals surface area contributed by atoms with Gasteiger partial charge in [-0.1, -0.05) is 40.5 Å². The van der Waals surface area contributed by atoms with Gasteiger partial charge in [0.2, 0.25) is 0 Å². The van der Waals surface area contributed by atoms with Crippen LogP contribution in [0.1, 0.15) is 91.9 Å². The molecule has 4 saturated carbocycles. The molecule has 0 bridgehead atoms. The van der Waals surface area contributed by atoms with E-state index in [1.165, 1.54) is 0 Å². The van der Waals surface area contributed by atoms with Gasteiger partial charge in [0.15, 0.2) is 0 Å². The molecule has 12 heteroatoms. The molecule has 0 heterocycles. The third kappa shape index (κ3) is 6.53. The first kappa shape index (κ1) is 31.6. The molecule has 39 heavy (non-hydrogen) atoms. The molecule has 0 spiro atoms. The predicted octanol–water partition coefficient (Wildman–Crippen LogP) is 4.04. The van der Waals surface area contributed by atoms with E-state index in [2.05, 4.69) is 27.7 Å². The number of aliphatic hydroxyl groups excluding tert-OH is 2. The van der Waals surface area contributed by atoms with Crippen LogP contribution in [0.2, 0.25) is 0 Å². The van der Waals surface area contributed by atoms with Crippen molar-refractivity contribution in [1.29, 1.82) is 0 Å². The minimum atomic E-state index is -4.68. The van der Waals surface area contributed by atoms with Crippen molar-refractivity contribution in [2.24, 2.45) is 52.3 Å². The number of fused-ring (bicyclic) bond motifs is 5. The lowest BCUT2D eigenvalue weighted by Crippen LogP contribution is -2.62. The summed E-state index contributed by atoms with van der Waals surface area (Å²) in [5.74, 6) is 0.894. The molecule has 4 unspecified atom stereocenters. The lowest BCUT2D eigenvalue weighted by Gasteiger charge is -2.63. The first-order valence-corrected chi connectivity index (χ1v) is 17.3. The Kier molecular flexibility index (Phi) is 9.23. The van der Waals surface area contributed by atoms with Crippen molar-refractivity contribution < 1.29 is 44.5 Å². The quantitative estimate of drug-likeness (QED) is 0.270. The summed E-state index contributed by atoms with van der Waals surface area (Å²) in [7, 11) is -9.23. The highest BCUT2D eigenvalue weighted by atomic mass is 32.3. The van der Waals surface area contributed by atoms with E-state index in [1.54, 1.807) is 0 Å². The Morgan fingerprint density at radius 2 is 1.54 bits per heavy atom. The molecule has 11 atom stereocenters. The van der Waals surface area contributed by atoms with Gasteiger partial charge in [-0.25, -0.2) is 8.37 Å². The first-order chi connectivity index (χ1) is 18.0. The topological polar surface area (TPSA) is 168 Å². The second-order valence-corrected chi connectivity index (χ2v) is 16.0. The van der Waals surface area contributed by atoms with E-state index in [9.17, 15) is 36.2 Å². The fraction of sp³-hybridized carbons (Fsp3) is 1.00. The van der Waals surface area contributed by atoms with E-state index in [0.717, 1.165) is 38.5 Å². The van der Waals surface area contributed by atoms with Crippen molar-refractivity contribution in [2.45, 2.75) is 110 Å². The summed E-state index contributed by atoms with van der Waals surface area (Å²) in [5, 5.41) is 22.9. The maximum absolute atomic E-state index is 11.8. The number of hydrogen-bond acceptors (Lipinski definition) is 8. The monoisotopic (exact) mass is 596 g/mol. The minimum Gasteiger partial charge on any atom is -0.393 e. The molecule has 228 valence electrons. The van der Waals surface area contributed by atoms with Crippen LogP contribution in [0.3, 0.4) is 0 Å². The van der Waals surface area contributed by atoms with Crippen molar-refractivity contribution in [3.63, 3.8) is 0 Å². The SMILES string of the molecule is CC(C)CCC[C@@H](COS(=O)(=O)O)[C@H]1CC[C@H]2[C@@H]3CCC4C(O)C(OS(=O)(=O)O)CC[C@]4(C)[C@H]3C(O)C[C@]12C. The molecular formula is C27H48O10S2. The highest BCUT2D eigenvalue weighted by Crippen LogP contribution is 2.68. The lowest BCUT2D eigenvalue weighted by molar-refractivity contribution is -0.205. The summed E-state index contributed by atoms with van der Waals surface area (Å²) in [5.41, 5.74) is -0.607. The van der Waals surface area contributed by atoms with Gasteiger partial charge in [0.25, 0.3) is 0 Å². The third-order valence-electron chi connectivity index (χ3n) is 11.3. The van der Waals surface area contributed by atoms with E-state index in [1.807, 2.05) is 0 Å². The van der Waals surface area contributed by atoms with E-state index in [-0.39, 0.29) is 48.0 Å². The largest absolute Gasteiger partial charge is 0.397 e. The second-order valence-electron chi connectivity index (χ2n) is 13.8. The zero-order valence-electron chi connectivity index (χ0n) is 23.6. The van der Waals surface area contributed by atoms with Gasteiger partial charge in [-0.3, -0.25) is 9.11 Å². The van der Waals surface area contributed by atoms with Crippen LogP contribution < -0.4 is 0 Å². The fourth-order valence-electron chi connectivity index (χ4n) is 9.86. The Hall–Kier alpha value is -0.340. The van der Waals surface area contributed by atoms with Gasteiger partial charge in [0, 0.05) is 0 Å². The van der Waals surface area contributed by atoms with Crippen LogP contribution in [0.5, 0.6) is 0 Å². The van der Waals surface area contributed by atoms with Gasteiger partial charge < -0.3 is 10.2 Å². The van der Waals surface area contributed by atoms with Gasteiger partial charge >= 0.3 is 20.8 Å². The molecule has 0 saturated heterocycles. The Balaban J connectivity index is 1.55. The van der Waals surface area contributed by atoms with Crippen LogP contribution in [0, 0.1) is 52.3 Å². The summed E-state index contributed by atoms with van der Waals surface area (Å²) in [6.07, 6.45) is 4.88. The first-order valence-electron chi connectivity index (χ1n) is 14.6. The second kappa shape index (κ2) is 11.4. The van der Waals surface area contributed by atoms with Crippen LogP contribution in [0.15, 0.2) is 0 Å².